The number of hydrogen-bond acceptors (Lipinski definition) is 2. The van der Waals surface area contributed by atoms with Crippen molar-refractivity contribution in [2.75, 3.05) is 19.6 Å². The minimum Gasteiger partial charge on any atom is -0.392 e. The second-order valence-electron chi connectivity index (χ2n) is 3.81. The van der Waals surface area contributed by atoms with Crippen LogP contribution in [-0.2, 0) is 13.0 Å². The van der Waals surface area contributed by atoms with Crippen molar-refractivity contribution in [1.29, 1.82) is 0 Å². The fourth-order valence-electron chi connectivity index (χ4n) is 1.84. The van der Waals surface area contributed by atoms with Crippen molar-refractivity contribution in [2.45, 2.75) is 26.9 Å². The van der Waals surface area contributed by atoms with E-state index >= 15 is 0 Å². The van der Waals surface area contributed by atoms with Gasteiger partial charge in [-0.2, -0.15) is 0 Å². The molecule has 90 valence electrons. The molecular formula is C13H20FNO. The summed E-state index contributed by atoms with van der Waals surface area (Å²) in [5, 5.41) is 9.14. The molecule has 0 bridgehead atoms. The summed E-state index contributed by atoms with van der Waals surface area (Å²) in [5.74, 6) is -0.210. The average molecular weight is 225 g/mol. The zero-order valence-electron chi connectivity index (χ0n) is 10.0. The lowest BCUT2D eigenvalue weighted by molar-refractivity contribution is 0.276. The molecule has 0 radical (unpaired) electrons. The smallest absolute Gasteiger partial charge is 0.126 e. The second-order valence-corrected chi connectivity index (χ2v) is 3.81. The van der Waals surface area contributed by atoms with Crippen molar-refractivity contribution in [3.8, 4) is 0 Å². The second kappa shape index (κ2) is 6.61. The highest BCUT2D eigenvalue weighted by molar-refractivity contribution is 5.28. The van der Waals surface area contributed by atoms with Crippen LogP contribution in [-0.4, -0.2) is 29.6 Å². The van der Waals surface area contributed by atoms with Crippen molar-refractivity contribution < 1.29 is 9.50 Å². The van der Waals surface area contributed by atoms with Crippen LogP contribution in [0.1, 0.15) is 25.0 Å². The molecule has 0 saturated carbocycles. The van der Waals surface area contributed by atoms with E-state index in [-0.39, 0.29) is 12.4 Å². The molecule has 0 aromatic heterocycles. The van der Waals surface area contributed by atoms with Crippen molar-refractivity contribution in [3.05, 3.63) is 35.1 Å². The van der Waals surface area contributed by atoms with Gasteiger partial charge in [-0.05, 0) is 36.7 Å². The Bertz CT molecular complexity index is 324. The predicted molar refractivity (Wildman–Crippen MR) is 63.8 cm³/mol. The van der Waals surface area contributed by atoms with Crippen molar-refractivity contribution in [2.24, 2.45) is 0 Å². The third-order valence-corrected chi connectivity index (χ3v) is 2.96. The van der Waals surface area contributed by atoms with Gasteiger partial charge in [0.15, 0.2) is 0 Å². The average Bonchev–Trinajstić information content (AvgIpc) is 2.31. The number of rotatable bonds is 6. The van der Waals surface area contributed by atoms with Crippen LogP contribution in [0.25, 0.3) is 0 Å². The molecular weight excluding hydrogens is 205 g/mol. The molecule has 0 spiro atoms. The largest absolute Gasteiger partial charge is 0.392 e. The van der Waals surface area contributed by atoms with E-state index in [9.17, 15) is 4.39 Å². The van der Waals surface area contributed by atoms with Crippen molar-refractivity contribution in [3.63, 3.8) is 0 Å². The standard InChI is InChI=1S/C13H20FNO/c1-3-15(4-2)9-8-12-11(10-16)6-5-7-13(12)14/h5-7,16H,3-4,8-10H2,1-2H3. The van der Waals surface area contributed by atoms with Gasteiger partial charge in [0.25, 0.3) is 0 Å². The van der Waals surface area contributed by atoms with Crippen LogP contribution in [0.3, 0.4) is 0 Å². The Morgan fingerprint density at radius 2 is 1.94 bits per heavy atom. The van der Waals surface area contributed by atoms with Gasteiger partial charge in [0.2, 0.25) is 0 Å². The first-order valence-electron chi connectivity index (χ1n) is 5.82. The van der Waals surface area contributed by atoms with Crippen molar-refractivity contribution in [1.82, 2.24) is 4.90 Å². The molecule has 1 N–H and O–H groups in total. The molecule has 0 aliphatic carbocycles. The van der Waals surface area contributed by atoms with Crippen molar-refractivity contribution >= 4 is 0 Å². The van der Waals surface area contributed by atoms with Crippen LogP contribution >= 0.6 is 0 Å². The molecule has 0 saturated heterocycles. The number of halogens is 1. The number of likely N-dealkylation sites (N-methyl/N-ethyl adjacent to an activating group) is 1. The van der Waals surface area contributed by atoms with Gasteiger partial charge in [-0.1, -0.05) is 26.0 Å². The Hall–Kier alpha value is -0.930. The number of aliphatic hydroxyl groups excluding tert-OH is 1. The van der Waals surface area contributed by atoms with E-state index in [1.165, 1.54) is 6.07 Å². The number of nitrogens with zero attached hydrogens (tertiary/aromatic N) is 1. The Morgan fingerprint density at radius 1 is 1.25 bits per heavy atom. The van der Waals surface area contributed by atoms with Gasteiger partial charge in [0.1, 0.15) is 5.82 Å². The molecule has 0 aliphatic rings. The predicted octanol–water partition coefficient (Wildman–Crippen LogP) is 2.20. The summed E-state index contributed by atoms with van der Waals surface area (Å²) in [6.45, 7) is 6.88. The molecule has 3 heteroatoms. The molecule has 0 fully saturated rings. The molecule has 1 aromatic rings. The van der Waals surface area contributed by atoms with Crippen LogP contribution in [0.5, 0.6) is 0 Å². The Kier molecular flexibility index (Phi) is 5.43. The number of aliphatic hydroxyl groups is 1. The maximum Gasteiger partial charge on any atom is 0.126 e. The van der Waals surface area contributed by atoms with Gasteiger partial charge in [-0.15, -0.1) is 0 Å². The zero-order chi connectivity index (χ0) is 12.0. The van der Waals surface area contributed by atoms with Gasteiger partial charge in [-0.25, -0.2) is 4.39 Å². The Labute approximate surface area is 96.7 Å². The summed E-state index contributed by atoms with van der Waals surface area (Å²) in [4.78, 5) is 2.24. The SMILES string of the molecule is CCN(CC)CCc1c(F)cccc1CO. The lowest BCUT2D eigenvalue weighted by Crippen LogP contribution is -2.25. The first kappa shape index (κ1) is 13.1. The topological polar surface area (TPSA) is 23.5 Å². The van der Waals surface area contributed by atoms with Crippen LogP contribution in [0.4, 0.5) is 4.39 Å². The summed E-state index contributed by atoms with van der Waals surface area (Å²) in [6.07, 6.45) is 0.657. The minimum atomic E-state index is -0.210. The fraction of sp³-hybridized carbons (Fsp3) is 0.538. The van der Waals surface area contributed by atoms with E-state index in [0.29, 0.717) is 17.5 Å². The van der Waals surface area contributed by atoms with Crippen LogP contribution in [0.15, 0.2) is 18.2 Å². The summed E-state index contributed by atoms with van der Waals surface area (Å²) in [6, 6.07) is 4.87. The van der Waals surface area contributed by atoms with Gasteiger partial charge < -0.3 is 10.0 Å². The molecule has 0 unspecified atom stereocenters. The molecule has 0 amide bonds. The molecule has 16 heavy (non-hydrogen) atoms. The van der Waals surface area contributed by atoms with Gasteiger partial charge >= 0.3 is 0 Å². The molecule has 0 atom stereocenters. The van der Waals surface area contributed by atoms with E-state index < -0.39 is 0 Å². The molecule has 1 rings (SSSR count). The van der Waals surface area contributed by atoms with Crippen LogP contribution < -0.4 is 0 Å². The molecule has 1 aromatic carbocycles. The first-order valence-corrected chi connectivity index (χ1v) is 5.82. The molecule has 0 heterocycles. The van der Waals surface area contributed by atoms with Gasteiger partial charge in [0, 0.05) is 6.54 Å². The zero-order valence-corrected chi connectivity index (χ0v) is 10.0. The minimum absolute atomic E-state index is 0.0919. The highest BCUT2D eigenvalue weighted by atomic mass is 19.1. The third kappa shape index (κ3) is 3.29. The normalized spacial score (nSPS) is 11.1. The van der Waals surface area contributed by atoms with E-state index in [2.05, 4.69) is 18.7 Å². The summed E-state index contributed by atoms with van der Waals surface area (Å²) in [5.41, 5.74) is 1.35. The van der Waals surface area contributed by atoms with E-state index in [1.54, 1.807) is 12.1 Å². The van der Waals surface area contributed by atoms with Gasteiger partial charge in [0.05, 0.1) is 6.61 Å². The molecule has 2 nitrogen and oxygen atoms in total. The Balaban J connectivity index is 2.72. The monoisotopic (exact) mass is 225 g/mol. The quantitative estimate of drug-likeness (QED) is 0.802. The third-order valence-electron chi connectivity index (χ3n) is 2.96. The van der Waals surface area contributed by atoms with Gasteiger partial charge in [-0.3, -0.25) is 0 Å². The molecule has 0 aliphatic heterocycles. The van der Waals surface area contributed by atoms with E-state index in [0.717, 1.165) is 19.6 Å². The maximum absolute atomic E-state index is 13.6. The highest BCUT2D eigenvalue weighted by Crippen LogP contribution is 2.14. The summed E-state index contributed by atoms with van der Waals surface area (Å²) < 4.78 is 13.6. The lowest BCUT2D eigenvalue weighted by atomic mass is 10.0. The summed E-state index contributed by atoms with van der Waals surface area (Å²) >= 11 is 0. The van der Waals surface area contributed by atoms with Crippen LogP contribution in [0, 0.1) is 5.82 Å². The fourth-order valence-corrected chi connectivity index (χ4v) is 1.84. The Morgan fingerprint density at radius 3 is 2.50 bits per heavy atom. The van der Waals surface area contributed by atoms with Crippen LogP contribution in [0.2, 0.25) is 0 Å². The summed E-state index contributed by atoms with van der Waals surface area (Å²) in [7, 11) is 0. The first-order chi connectivity index (χ1) is 7.72. The van der Waals surface area contributed by atoms with E-state index in [1.807, 2.05) is 0 Å². The highest BCUT2D eigenvalue weighted by Gasteiger charge is 2.08. The lowest BCUT2D eigenvalue weighted by Gasteiger charge is -2.18. The number of benzene rings is 1. The number of hydrogen-bond donors (Lipinski definition) is 1. The van der Waals surface area contributed by atoms with E-state index in [4.69, 9.17) is 5.11 Å². The maximum atomic E-state index is 13.6.